The average Bonchev–Trinajstić information content (AvgIpc) is 1.63. The lowest BCUT2D eigenvalue weighted by Crippen LogP contribution is -2.54. The molecule has 4 unspecified atom stereocenters. The van der Waals surface area contributed by atoms with E-state index < -0.39 is 118 Å². The smallest absolute Gasteiger partial charge is 0.266 e. The van der Waals surface area contributed by atoms with Crippen LogP contribution in [0.15, 0.2) is 72.8 Å². The van der Waals surface area contributed by atoms with E-state index in [1.54, 1.807) is 60.7 Å². The van der Waals surface area contributed by atoms with Crippen LogP contribution in [-0.2, 0) is 38.4 Å². The standard InChI is InChI=1S/2C17H19N3O4.2C17H18N2O5.4C2H6/c2*1-17(2,3)19-10-6-4-5-9-13(10)16(24)20(15(9)23)11-7-8-12(21)18-14(11)22;2*1-17(2,3)24-11-6-4-5-9-13(11)16(23)19(15(9)22)10-7-8-12(20)18-14(10)21;4*1-2/h2*4-6,11,19H,7-8H2,1-3H3,(H,18,21,22);2*4-6,10H,7-8H2,1-3H3,(H,18,20,21);4*1-2H3. The van der Waals surface area contributed by atoms with Crippen molar-refractivity contribution in [1.29, 1.82) is 0 Å². The number of carbonyl (C=O) groups excluding carboxylic acids is 16. The summed E-state index contributed by atoms with van der Waals surface area (Å²) in [7, 11) is 0. The molecule has 0 bridgehead atoms. The number of anilines is 2. The lowest BCUT2D eigenvalue weighted by molar-refractivity contribution is -0.137. The summed E-state index contributed by atoms with van der Waals surface area (Å²) < 4.78 is 11.6. The van der Waals surface area contributed by atoms with Crippen molar-refractivity contribution in [3.63, 3.8) is 0 Å². The van der Waals surface area contributed by atoms with Gasteiger partial charge in [0.15, 0.2) is 0 Å². The highest BCUT2D eigenvalue weighted by Crippen LogP contribution is 2.39. The Labute approximate surface area is 606 Å². The second kappa shape index (κ2) is 34.4. The number of rotatable bonds is 8. The fraction of sp³-hybridized carbons (Fsp3) is 0.474. The monoisotopic (exact) mass is 1440 g/mol. The van der Waals surface area contributed by atoms with Gasteiger partial charge in [0.1, 0.15) is 46.9 Å². The Hall–Kier alpha value is -10.8. The number of piperidine rings is 4. The van der Waals surface area contributed by atoms with Gasteiger partial charge in [0, 0.05) is 48.1 Å². The first-order valence-corrected chi connectivity index (χ1v) is 35.1. The van der Waals surface area contributed by atoms with Gasteiger partial charge in [-0.25, -0.2) is 0 Å². The molecule has 0 aliphatic carbocycles. The molecule has 8 aliphatic heterocycles. The number of fused-ring (bicyclic) bond motifs is 4. The van der Waals surface area contributed by atoms with E-state index in [4.69, 9.17) is 9.47 Å². The summed E-state index contributed by atoms with van der Waals surface area (Å²) in [4.78, 5) is 199. The second-order valence-corrected chi connectivity index (χ2v) is 27.8. The Morgan fingerprint density at radius 1 is 0.308 bits per heavy atom. The molecular formula is C76H98N10O18. The summed E-state index contributed by atoms with van der Waals surface area (Å²) in [6, 6.07) is 15.8. The number of amides is 16. The molecule has 4 aromatic carbocycles. The minimum atomic E-state index is -0.974. The minimum Gasteiger partial charge on any atom is -0.487 e. The molecule has 560 valence electrons. The number of benzene rings is 4. The highest BCUT2D eigenvalue weighted by molar-refractivity contribution is 6.28. The predicted octanol–water partition coefficient (Wildman–Crippen LogP) is 9.23. The maximum absolute atomic E-state index is 12.8. The van der Waals surface area contributed by atoms with Crippen molar-refractivity contribution in [3.05, 3.63) is 117 Å². The van der Waals surface area contributed by atoms with Crippen molar-refractivity contribution < 1.29 is 86.2 Å². The Morgan fingerprint density at radius 3 is 0.731 bits per heavy atom. The van der Waals surface area contributed by atoms with Crippen LogP contribution in [-0.4, -0.2) is 161 Å². The van der Waals surface area contributed by atoms with Crippen molar-refractivity contribution in [2.45, 2.75) is 236 Å². The van der Waals surface area contributed by atoms with E-state index in [0.717, 1.165) is 19.6 Å². The molecule has 16 amide bonds. The lowest BCUT2D eigenvalue weighted by Gasteiger charge is -2.28. The molecule has 12 rings (SSSR count). The van der Waals surface area contributed by atoms with Crippen LogP contribution >= 0.6 is 0 Å². The molecular weight excluding hydrogens is 1340 g/mol. The zero-order chi connectivity index (χ0) is 78.6. The molecule has 6 N–H and O–H groups in total. The topological polar surface area (TPSA) is 377 Å². The van der Waals surface area contributed by atoms with Gasteiger partial charge < -0.3 is 20.1 Å². The Morgan fingerprint density at radius 2 is 0.519 bits per heavy atom. The number of hydrogen-bond acceptors (Lipinski definition) is 20. The lowest BCUT2D eigenvalue weighted by atomic mass is 10.0. The Bertz CT molecular complexity index is 3570. The van der Waals surface area contributed by atoms with Gasteiger partial charge in [0.05, 0.1) is 44.5 Å². The fourth-order valence-electron chi connectivity index (χ4n) is 11.8. The normalized spacial score (nSPS) is 19.6. The molecule has 8 aliphatic rings. The van der Waals surface area contributed by atoms with E-state index >= 15 is 0 Å². The van der Waals surface area contributed by atoms with Gasteiger partial charge in [0.2, 0.25) is 47.3 Å². The molecule has 0 aromatic heterocycles. The number of imide groups is 8. The molecule has 0 saturated carbocycles. The summed E-state index contributed by atoms with van der Waals surface area (Å²) in [5, 5.41) is 15.2. The fourth-order valence-corrected chi connectivity index (χ4v) is 11.8. The first-order chi connectivity index (χ1) is 48.7. The maximum atomic E-state index is 12.8. The van der Waals surface area contributed by atoms with Gasteiger partial charge in [-0.05, 0) is 157 Å². The van der Waals surface area contributed by atoms with Crippen LogP contribution in [0.25, 0.3) is 0 Å². The largest absolute Gasteiger partial charge is 0.487 e. The van der Waals surface area contributed by atoms with Crippen molar-refractivity contribution in [1.82, 2.24) is 40.9 Å². The van der Waals surface area contributed by atoms with E-state index in [-0.39, 0.29) is 119 Å². The molecule has 0 radical (unpaired) electrons. The van der Waals surface area contributed by atoms with Crippen LogP contribution in [0.2, 0.25) is 0 Å². The third-order valence-corrected chi connectivity index (χ3v) is 15.6. The minimum absolute atomic E-state index is 0.0924. The van der Waals surface area contributed by atoms with Crippen LogP contribution in [0.1, 0.15) is 273 Å². The summed E-state index contributed by atoms with van der Waals surface area (Å²) >= 11 is 0. The van der Waals surface area contributed by atoms with Crippen molar-refractivity contribution in [3.8, 4) is 11.5 Å². The van der Waals surface area contributed by atoms with Crippen LogP contribution < -0.4 is 41.4 Å². The maximum Gasteiger partial charge on any atom is 0.266 e. The quantitative estimate of drug-likeness (QED) is 0.0895. The average molecular weight is 1440 g/mol. The summed E-state index contributed by atoms with van der Waals surface area (Å²) in [5.74, 6) is -7.61. The molecule has 0 spiro atoms. The second-order valence-electron chi connectivity index (χ2n) is 27.8. The van der Waals surface area contributed by atoms with E-state index in [1.165, 1.54) is 12.1 Å². The molecule has 4 fully saturated rings. The van der Waals surface area contributed by atoms with Crippen molar-refractivity contribution >= 4 is 106 Å². The highest BCUT2D eigenvalue weighted by Gasteiger charge is 2.51. The van der Waals surface area contributed by atoms with Gasteiger partial charge in [0.25, 0.3) is 47.3 Å². The third-order valence-electron chi connectivity index (χ3n) is 15.6. The summed E-state index contributed by atoms with van der Waals surface area (Å²) in [6.07, 6.45) is 0.964. The predicted molar refractivity (Wildman–Crippen MR) is 385 cm³/mol. The Kier molecular flexibility index (Phi) is 27.8. The SMILES string of the molecule is CC.CC.CC.CC.CC(C)(C)Nc1cccc2c1C(=O)N(C1CCC(=O)NC1=O)C2=O.CC(C)(C)Nc1cccc2c1C(=O)N(C1CCC(=O)NC1=O)C2=O.CC(C)(C)Oc1cccc2c1C(=O)N(C1CCC(=O)NC1=O)C2=O.CC(C)(C)Oc1cccc2c1C(=O)N(C1CCC(=O)NC1=O)C2=O. The van der Waals surface area contributed by atoms with Crippen molar-refractivity contribution in [2.24, 2.45) is 0 Å². The van der Waals surface area contributed by atoms with Gasteiger partial charge in [-0.3, -0.25) is 118 Å². The molecule has 28 heteroatoms. The third kappa shape index (κ3) is 19.1. The number of nitrogens with one attached hydrogen (secondary N) is 6. The van der Waals surface area contributed by atoms with Gasteiger partial charge in [-0.1, -0.05) is 79.7 Å². The number of carbonyl (C=O) groups is 16. The summed E-state index contributed by atoms with van der Waals surface area (Å²) in [5.41, 5.74) is 1.34. The van der Waals surface area contributed by atoms with Gasteiger partial charge in [-0.2, -0.15) is 0 Å². The van der Waals surface area contributed by atoms with Crippen LogP contribution in [0.4, 0.5) is 11.4 Å². The first kappa shape index (κ1) is 83.9. The van der Waals surface area contributed by atoms with E-state index in [9.17, 15) is 76.7 Å². The molecule has 28 nitrogen and oxygen atoms in total. The van der Waals surface area contributed by atoms with E-state index in [1.807, 2.05) is 138 Å². The zero-order valence-corrected chi connectivity index (χ0v) is 63.0. The van der Waals surface area contributed by atoms with Crippen LogP contribution in [0, 0.1) is 0 Å². The molecule has 4 aromatic rings. The molecule has 8 heterocycles. The molecule has 4 saturated heterocycles. The van der Waals surface area contributed by atoms with Gasteiger partial charge >= 0.3 is 0 Å². The van der Waals surface area contributed by atoms with Crippen molar-refractivity contribution in [2.75, 3.05) is 10.6 Å². The van der Waals surface area contributed by atoms with E-state index in [2.05, 4.69) is 31.9 Å². The molecule has 104 heavy (non-hydrogen) atoms. The van der Waals surface area contributed by atoms with E-state index in [0.29, 0.717) is 22.9 Å². The summed E-state index contributed by atoms with van der Waals surface area (Å²) in [6.45, 7) is 38.7. The van der Waals surface area contributed by atoms with Gasteiger partial charge in [-0.15, -0.1) is 0 Å². The molecule has 4 atom stereocenters. The number of hydrogen-bond donors (Lipinski definition) is 6. The Balaban J connectivity index is 0.000000241. The first-order valence-electron chi connectivity index (χ1n) is 35.1. The zero-order valence-electron chi connectivity index (χ0n) is 63.0. The van der Waals surface area contributed by atoms with Crippen LogP contribution in [0.5, 0.6) is 11.5 Å². The number of ether oxygens (including phenoxy) is 2. The van der Waals surface area contributed by atoms with Crippen LogP contribution in [0.3, 0.4) is 0 Å². The number of nitrogens with zero attached hydrogens (tertiary/aromatic N) is 4. The highest BCUT2D eigenvalue weighted by atomic mass is 16.5.